The van der Waals surface area contributed by atoms with Crippen molar-refractivity contribution in [3.8, 4) is 0 Å². The molecule has 10 atom stereocenters. The molecule has 9 nitrogen and oxygen atoms in total. The van der Waals surface area contributed by atoms with Crippen LogP contribution in [0.25, 0.3) is 0 Å². The van der Waals surface area contributed by atoms with Crippen molar-refractivity contribution in [2.75, 3.05) is 7.11 Å². The minimum absolute atomic E-state index is 0.0120. The zero-order valence-electron chi connectivity index (χ0n) is 29.8. The highest BCUT2D eigenvalue weighted by molar-refractivity contribution is 5.85. The summed E-state index contributed by atoms with van der Waals surface area (Å²) in [6.45, 7) is 19.3. The van der Waals surface area contributed by atoms with Crippen LogP contribution in [0.4, 0.5) is 0 Å². The van der Waals surface area contributed by atoms with Gasteiger partial charge in [0.1, 0.15) is 18.3 Å². The average Bonchev–Trinajstić information content (AvgIpc) is 3.18. The Morgan fingerprint density at radius 2 is 1.52 bits per heavy atom. The van der Waals surface area contributed by atoms with Crippen molar-refractivity contribution in [1.29, 1.82) is 0 Å². The Morgan fingerprint density at radius 3 is 2.07 bits per heavy atom. The first-order valence-corrected chi connectivity index (χ1v) is 16.9. The van der Waals surface area contributed by atoms with Gasteiger partial charge in [-0.2, -0.15) is 0 Å². The van der Waals surface area contributed by atoms with Crippen molar-refractivity contribution in [3.63, 3.8) is 0 Å². The Balaban J connectivity index is 1.84. The van der Waals surface area contributed by atoms with E-state index >= 15 is 0 Å². The second kappa shape index (κ2) is 12.7. The van der Waals surface area contributed by atoms with Gasteiger partial charge < -0.3 is 24.1 Å². The predicted octanol–water partition coefficient (Wildman–Crippen LogP) is 6.82. The lowest BCUT2D eigenvalue weighted by Gasteiger charge is -2.64. The number of rotatable bonds is 9. The number of carbonyl (C=O) groups excluding carboxylic acids is 3. The molecule has 4 rings (SSSR count). The summed E-state index contributed by atoms with van der Waals surface area (Å²) in [5.41, 5.74) is 1.55. The fourth-order valence-electron chi connectivity index (χ4n) is 10.6. The van der Waals surface area contributed by atoms with Crippen LogP contribution >= 0.6 is 0 Å². The molecule has 4 aliphatic rings. The van der Waals surface area contributed by atoms with Crippen molar-refractivity contribution in [3.05, 3.63) is 22.8 Å². The van der Waals surface area contributed by atoms with Gasteiger partial charge >= 0.3 is 23.9 Å². The molecule has 4 aliphatic carbocycles. The molecule has 0 bridgehead atoms. The van der Waals surface area contributed by atoms with E-state index in [2.05, 4.69) is 41.5 Å². The van der Waals surface area contributed by atoms with E-state index in [-0.39, 0.29) is 70.1 Å². The summed E-state index contributed by atoms with van der Waals surface area (Å²) in [6, 6.07) is 0. The maximum Gasteiger partial charge on any atom is 0.330 e. The second-order valence-electron chi connectivity index (χ2n) is 15.8. The molecule has 0 aromatic heterocycles. The quantitative estimate of drug-likeness (QED) is 0.125. The van der Waals surface area contributed by atoms with Gasteiger partial charge in [0.15, 0.2) is 0 Å². The van der Waals surface area contributed by atoms with Crippen molar-refractivity contribution in [2.45, 2.75) is 139 Å². The molecule has 2 saturated carbocycles. The standard InChI is InChI=1S/C37H56O9/c1-20(33(41)42)12-13-27(44-22(3)38)21(2)26-18-31(46-24(5)40)37(10)32-25(14-17-36(26,37)9)35(8)16-15-30(45-23(4)39)34(6,7)29(35)19-28(32)43-11/h12,21,26-31H,13-19H2,1-11H3,(H,41,42)/b20-12+. The summed E-state index contributed by atoms with van der Waals surface area (Å²) in [4.78, 5) is 48.6. The molecule has 0 spiro atoms. The van der Waals surface area contributed by atoms with E-state index < -0.39 is 29.6 Å². The Bertz CT molecular complexity index is 1310. The van der Waals surface area contributed by atoms with Gasteiger partial charge in [-0.3, -0.25) is 14.4 Å². The highest BCUT2D eigenvalue weighted by atomic mass is 16.6. The van der Waals surface area contributed by atoms with Crippen LogP contribution in [0.2, 0.25) is 0 Å². The third-order valence-corrected chi connectivity index (χ3v) is 13.2. The molecule has 0 amide bonds. The second-order valence-corrected chi connectivity index (χ2v) is 15.8. The molecule has 258 valence electrons. The number of ether oxygens (including phenoxy) is 4. The number of hydrogen-bond acceptors (Lipinski definition) is 8. The van der Waals surface area contributed by atoms with Crippen LogP contribution in [-0.2, 0) is 38.1 Å². The molecular weight excluding hydrogens is 588 g/mol. The highest BCUT2D eigenvalue weighted by Gasteiger charge is 2.70. The number of aliphatic carboxylic acids is 1. The van der Waals surface area contributed by atoms with Crippen LogP contribution in [-0.4, -0.2) is 60.5 Å². The van der Waals surface area contributed by atoms with E-state index in [0.717, 1.165) is 32.1 Å². The average molecular weight is 645 g/mol. The Kier molecular flexibility index (Phi) is 10.0. The van der Waals surface area contributed by atoms with Gasteiger partial charge in [-0.15, -0.1) is 0 Å². The van der Waals surface area contributed by atoms with Crippen LogP contribution in [0, 0.1) is 39.4 Å². The summed E-state index contributed by atoms with van der Waals surface area (Å²) in [5, 5.41) is 9.46. The van der Waals surface area contributed by atoms with Crippen LogP contribution in [0.1, 0.15) is 114 Å². The topological polar surface area (TPSA) is 125 Å². The van der Waals surface area contributed by atoms with Gasteiger partial charge in [0, 0.05) is 50.7 Å². The van der Waals surface area contributed by atoms with Gasteiger partial charge in [0.05, 0.1) is 6.10 Å². The molecule has 2 fully saturated rings. The third kappa shape index (κ3) is 5.83. The Labute approximate surface area is 274 Å². The normalized spacial score (nSPS) is 38.1. The molecule has 0 aliphatic heterocycles. The monoisotopic (exact) mass is 644 g/mol. The molecule has 0 radical (unpaired) electrons. The zero-order valence-corrected chi connectivity index (χ0v) is 29.8. The SMILES string of the molecule is COC1CC2C(C)(CCC(OC(C)=O)C2(C)C)C2=C1C1(C)C(OC(C)=O)CC(C(C)C(C/C=C(\C)C(=O)O)OC(C)=O)C1(C)CC2. The Morgan fingerprint density at radius 1 is 0.913 bits per heavy atom. The molecule has 46 heavy (non-hydrogen) atoms. The molecule has 10 unspecified atom stereocenters. The maximum absolute atomic E-state index is 12.7. The van der Waals surface area contributed by atoms with Crippen molar-refractivity contribution in [2.24, 2.45) is 39.4 Å². The maximum atomic E-state index is 12.7. The van der Waals surface area contributed by atoms with Crippen LogP contribution in [0.15, 0.2) is 22.8 Å². The van der Waals surface area contributed by atoms with E-state index in [9.17, 15) is 24.3 Å². The van der Waals surface area contributed by atoms with Gasteiger partial charge in [0.2, 0.25) is 0 Å². The number of carboxylic acid groups (broad SMARTS) is 1. The van der Waals surface area contributed by atoms with E-state index in [1.807, 2.05) is 0 Å². The zero-order chi connectivity index (χ0) is 34.6. The summed E-state index contributed by atoms with van der Waals surface area (Å²) >= 11 is 0. The smallest absolute Gasteiger partial charge is 0.330 e. The molecule has 9 heteroatoms. The molecule has 1 N–H and O–H groups in total. The summed E-state index contributed by atoms with van der Waals surface area (Å²) in [6.07, 6.45) is 5.36. The molecule has 0 saturated heterocycles. The largest absolute Gasteiger partial charge is 0.478 e. The van der Waals surface area contributed by atoms with E-state index in [1.165, 1.54) is 31.9 Å². The minimum Gasteiger partial charge on any atom is -0.478 e. The van der Waals surface area contributed by atoms with Crippen molar-refractivity contribution < 1.29 is 43.2 Å². The summed E-state index contributed by atoms with van der Waals surface area (Å²) in [5.74, 6) is -1.91. The van der Waals surface area contributed by atoms with E-state index in [4.69, 9.17) is 18.9 Å². The molecular formula is C37H56O9. The van der Waals surface area contributed by atoms with Crippen LogP contribution in [0.5, 0.6) is 0 Å². The number of methoxy groups -OCH3 is 1. The number of esters is 3. The van der Waals surface area contributed by atoms with Crippen LogP contribution < -0.4 is 0 Å². The summed E-state index contributed by atoms with van der Waals surface area (Å²) < 4.78 is 24.4. The number of hydrogen-bond donors (Lipinski definition) is 1. The highest BCUT2D eigenvalue weighted by Crippen LogP contribution is 2.73. The first-order valence-electron chi connectivity index (χ1n) is 16.9. The van der Waals surface area contributed by atoms with Gasteiger partial charge in [0.25, 0.3) is 0 Å². The van der Waals surface area contributed by atoms with Crippen molar-refractivity contribution in [1.82, 2.24) is 0 Å². The first-order chi connectivity index (χ1) is 21.2. The van der Waals surface area contributed by atoms with Gasteiger partial charge in [-0.25, -0.2) is 4.79 Å². The number of fused-ring (bicyclic) bond motifs is 4. The van der Waals surface area contributed by atoms with Crippen molar-refractivity contribution >= 4 is 23.9 Å². The lowest BCUT2D eigenvalue weighted by molar-refractivity contribution is -0.172. The minimum atomic E-state index is -1.00. The molecule has 0 aromatic carbocycles. The summed E-state index contributed by atoms with van der Waals surface area (Å²) in [7, 11) is 1.76. The lowest BCUT2D eigenvalue weighted by Crippen LogP contribution is -2.60. The van der Waals surface area contributed by atoms with Crippen LogP contribution in [0.3, 0.4) is 0 Å². The predicted molar refractivity (Wildman–Crippen MR) is 172 cm³/mol. The Hall–Kier alpha value is -2.68. The van der Waals surface area contributed by atoms with Gasteiger partial charge in [-0.1, -0.05) is 53.2 Å². The fraction of sp³-hybridized carbons (Fsp3) is 0.784. The number of carbonyl (C=O) groups is 4. The fourth-order valence-corrected chi connectivity index (χ4v) is 10.6. The number of allylic oxidation sites excluding steroid dienone is 1. The number of carboxylic acids is 1. The van der Waals surface area contributed by atoms with E-state index in [1.54, 1.807) is 20.1 Å². The van der Waals surface area contributed by atoms with Gasteiger partial charge in [-0.05, 0) is 79.6 Å². The lowest BCUT2D eigenvalue weighted by atomic mass is 9.42. The molecule has 0 aromatic rings. The van der Waals surface area contributed by atoms with E-state index in [0.29, 0.717) is 6.42 Å². The molecule has 0 heterocycles. The third-order valence-electron chi connectivity index (χ3n) is 13.2. The first kappa shape index (κ1) is 36.2.